The van der Waals surface area contributed by atoms with Crippen LogP contribution in [0.15, 0.2) is 12.2 Å². The Balaban J connectivity index is 2.47. The van der Waals surface area contributed by atoms with E-state index in [2.05, 4.69) is 33.9 Å². The maximum atomic E-state index is 13.1. The van der Waals surface area contributed by atoms with Crippen LogP contribution in [0.1, 0.15) is 48.5 Å². The van der Waals surface area contributed by atoms with E-state index >= 15 is 0 Å². The van der Waals surface area contributed by atoms with Crippen molar-refractivity contribution < 1.29 is 33.0 Å². The molecule has 2 aliphatic rings. The predicted octanol–water partition coefficient (Wildman–Crippen LogP) is 3.42. The number of carbonyl (C=O) groups excluding carboxylic acids is 3. The Labute approximate surface area is 180 Å². The molecule has 7 nitrogen and oxygen atoms in total. The molecule has 0 unspecified atom stereocenters. The smallest absolute Gasteiger partial charge is 0.313 e. The van der Waals surface area contributed by atoms with Crippen LogP contribution in [0.4, 0.5) is 0 Å². The average molecular weight is 441 g/mol. The summed E-state index contributed by atoms with van der Waals surface area (Å²) in [5, 5.41) is -0.0981. The zero-order valence-corrected chi connectivity index (χ0v) is 20.6. The molecule has 2 rings (SSSR count). The summed E-state index contributed by atoms with van der Waals surface area (Å²) < 4.78 is 23.3. The minimum atomic E-state index is -2.26. The number of rotatable bonds is 7. The van der Waals surface area contributed by atoms with Gasteiger partial charge in [0.1, 0.15) is 11.8 Å². The van der Waals surface area contributed by atoms with E-state index in [1.165, 1.54) is 12.2 Å². The van der Waals surface area contributed by atoms with E-state index in [0.29, 0.717) is 0 Å². The van der Waals surface area contributed by atoms with Gasteiger partial charge in [0.2, 0.25) is 0 Å². The highest BCUT2D eigenvalue weighted by Gasteiger charge is 2.66. The van der Waals surface area contributed by atoms with Gasteiger partial charge in [0.15, 0.2) is 19.7 Å². The van der Waals surface area contributed by atoms with Gasteiger partial charge in [-0.15, -0.1) is 0 Å². The lowest BCUT2D eigenvalue weighted by atomic mass is 9.78. The third kappa shape index (κ3) is 4.70. The highest BCUT2D eigenvalue weighted by atomic mass is 28.4. The topological polar surface area (TPSA) is 88.1 Å². The zero-order valence-electron chi connectivity index (χ0n) is 19.6. The maximum Gasteiger partial charge on any atom is 0.313 e. The summed E-state index contributed by atoms with van der Waals surface area (Å²) in [6, 6.07) is 0. The third-order valence-electron chi connectivity index (χ3n) is 6.10. The molecular weight excluding hydrogens is 404 g/mol. The SMILES string of the molecule is CC(C)OC(=O)[C@@H]1[C@@H]2C=CC(=O)[C@@](CO[Si](C)(C)C(C)(C)C)(O2)[C@H]1C(=O)OC(C)C. The Bertz CT molecular complexity index is 719. The molecular formula is C22H36O7Si. The van der Waals surface area contributed by atoms with Crippen LogP contribution in [0.5, 0.6) is 0 Å². The van der Waals surface area contributed by atoms with Crippen molar-refractivity contribution in [1.29, 1.82) is 0 Å². The second kappa shape index (κ2) is 8.55. The molecule has 2 heterocycles. The number of ketones is 1. The minimum Gasteiger partial charge on any atom is -0.463 e. The first kappa shape index (κ1) is 24.8. The van der Waals surface area contributed by atoms with E-state index in [9.17, 15) is 14.4 Å². The molecule has 0 N–H and O–H groups in total. The maximum absolute atomic E-state index is 13.1. The fourth-order valence-electron chi connectivity index (χ4n) is 3.49. The highest BCUT2D eigenvalue weighted by molar-refractivity contribution is 6.74. The van der Waals surface area contributed by atoms with Crippen molar-refractivity contribution in [1.82, 2.24) is 0 Å². The van der Waals surface area contributed by atoms with Gasteiger partial charge >= 0.3 is 11.9 Å². The number of esters is 2. The molecule has 4 atom stereocenters. The third-order valence-corrected chi connectivity index (χ3v) is 10.6. The summed E-state index contributed by atoms with van der Waals surface area (Å²) in [7, 11) is -2.26. The van der Waals surface area contributed by atoms with Gasteiger partial charge in [-0.3, -0.25) is 14.4 Å². The Morgan fingerprint density at radius 3 is 2.13 bits per heavy atom. The molecule has 2 aliphatic heterocycles. The first-order chi connectivity index (χ1) is 13.6. The summed E-state index contributed by atoms with van der Waals surface area (Å²) in [4.78, 5) is 39.2. The normalized spacial score (nSPS) is 28.9. The van der Waals surface area contributed by atoms with E-state index in [1.807, 2.05) is 0 Å². The molecule has 0 spiro atoms. The van der Waals surface area contributed by atoms with E-state index < -0.39 is 49.9 Å². The lowest BCUT2D eigenvalue weighted by Crippen LogP contribution is -2.56. The second-order valence-electron chi connectivity index (χ2n) is 10.2. The van der Waals surface area contributed by atoms with Crippen LogP contribution in [-0.2, 0) is 33.0 Å². The van der Waals surface area contributed by atoms with Crippen LogP contribution in [-0.4, -0.2) is 56.6 Å². The van der Waals surface area contributed by atoms with Gasteiger partial charge in [0, 0.05) is 0 Å². The van der Waals surface area contributed by atoms with Gasteiger partial charge in [-0.1, -0.05) is 26.8 Å². The number of ether oxygens (including phenoxy) is 3. The quantitative estimate of drug-likeness (QED) is 0.443. The summed E-state index contributed by atoms with van der Waals surface area (Å²) in [5.74, 6) is -3.71. The lowest BCUT2D eigenvalue weighted by Gasteiger charge is -2.40. The molecule has 0 saturated carbocycles. The molecule has 1 saturated heterocycles. The van der Waals surface area contributed by atoms with Crippen LogP contribution < -0.4 is 0 Å². The van der Waals surface area contributed by atoms with Crippen LogP contribution in [0.25, 0.3) is 0 Å². The second-order valence-corrected chi connectivity index (χ2v) is 15.0. The fraction of sp³-hybridized carbons (Fsp3) is 0.773. The van der Waals surface area contributed by atoms with Crippen molar-refractivity contribution in [2.45, 2.75) is 90.5 Å². The number of hydrogen-bond acceptors (Lipinski definition) is 7. The molecule has 0 aromatic heterocycles. The Hall–Kier alpha value is -1.51. The van der Waals surface area contributed by atoms with Crippen molar-refractivity contribution in [3.05, 3.63) is 12.2 Å². The molecule has 2 bridgehead atoms. The van der Waals surface area contributed by atoms with E-state index in [-0.39, 0.29) is 23.5 Å². The Morgan fingerprint density at radius 1 is 1.10 bits per heavy atom. The minimum absolute atomic E-state index is 0.0981. The van der Waals surface area contributed by atoms with Crippen molar-refractivity contribution in [3.63, 3.8) is 0 Å². The van der Waals surface area contributed by atoms with Crippen molar-refractivity contribution in [2.75, 3.05) is 6.61 Å². The van der Waals surface area contributed by atoms with Crippen LogP contribution >= 0.6 is 0 Å². The standard InChI is InChI=1S/C22H36O7Si/c1-13(2)27-19(24)17-15-10-11-16(23)22(29-15,18(17)20(25)28-14(3)4)12-26-30(8,9)21(5,6)7/h10-11,13-15,17-18H,12H2,1-9H3/t15-,17+,18+,22+/m0/s1. The first-order valence-electron chi connectivity index (χ1n) is 10.6. The molecule has 0 aromatic carbocycles. The molecule has 1 fully saturated rings. The van der Waals surface area contributed by atoms with Gasteiger partial charge in [0.25, 0.3) is 0 Å². The molecule has 8 heteroatoms. The van der Waals surface area contributed by atoms with Crippen LogP contribution in [0.2, 0.25) is 18.1 Å². The van der Waals surface area contributed by atoms with Crippen molar-refractivity contribution in [2.24, 2.45) is 11.8 Å². The van der Waals surface area contributed by atoms with Gasteiger partial charge < -0.3 is 18.6 Å². The van der Waals surface area contributed by atoms with Crippen molar-refractivity contribution >= 4 is 26.0 Å². The molecule has 0 amide bonds. The molecule has 170 valence electrons. The number of fused-ring (bicyclic) bond motifs is 2. The van der Waals surface area contributed by atoms with E-state index in [4.69, 9.17) is 18.6 Å². The number of carbonyl (C=O) groups is 3. The largest absolute Gasteiger partial charge is 0.463 e. The predicted molar refractivity (Wildman–Crippen MR) is 114 cm³/mol. The molecule has 0 aliphatic carbocycles. The van der Waals surface area contributed by atoms with E-state index in [1.54, 1.807) is 27.7 Å². The highest BCUT2D eigenvalue weighted by Crippen LogP contribution is 2.48. The van der Waals surface area contributed by atoms with Gasteiger partial charge in [-0.25, -0.2) is 0 Å². The molecule has 0 aromatic rings. The summed E-state index contributed by atoms with van der Waals surface area (Å²) >= 11 is 0. The van der Waals surface area contributed by atoms with Crippen molar-refractivity contribution in [3.8, 4) is 0 Å². The summed E-state index contributed by atoms with van der Waals surface area (Å²) in [6.45, 7) is 17.2. The fourth-order valence-corrected chi connectivity index (χ4v) is 4.49. The van der Waals surface area contributed by atoms with Gasteiger partial charge in [-0.05, 0) is 51.9 Å². The number of hydrogen-bond donors (Lipinski definition) is 0. The monoisotopic (exact) mass is 440 g/mol. The molecule has 0 radical (unpaired) electrons. The first-order valence-corrected chi connectivity index (χ1v) is 13.5. The summed E-state index contributed by atoms with van der Waals surface area (Å²) in [6.07, 6.45) is 1.41. The summed E-state index contributed by atoms with van der Waals surface area (Å²) in [5.41, 5.74) is -1.60. The van der Waals surface area contributed by atoms with Crippen LogP contribution in [0, 0.1) is 11.8 Å². The van der Waals surface area contributed by atoms with Gasteiger partial charge in [0.05, 0.1) is 24.9 Å². The van der Waals surface area contributed by atoms with Gasteiger partial charge in [-0.2, -0.15) is 0 Å². The molecule has 30 heavy (non-hydrogen) atoms. The lowest BCUT2D eigenvalue weighted by molar-refractivity contribution is -0.171. The van der Waals surface area contributed by atoms with E-state index in [0.717, 1.165) is 0 Å². The van der Waals surface area contributed by atoms with Crippen LogP contribution in [0.3, 0.4) is 0 Å². The zero-order chi connectivity index (χ0) is 23.1. The average Bonchev–Trinajstić information content (AvgIpc) is 2.85. The Morgan fingerprint density at radius 2 is 1.63 bits per heavy atom. The Kier molecular flexibility index (Phi) is 7.06.